The summed E-state index contributed by atoms with van der Waals surface area (Å²) in [6, 6.07) is 3.51. The zero-order valence-electron chi connectivity index (χ0n) is 10.5. The lowest BCUT2D eigenvalue weighted by atomic mass is 10.1. The first-order chi connectivity index (χ1) is 9.04. The van der Waals surface area contributed by atoms with Gasteiger partial charge >= 0.3 is 5.97 Å². The van der Waals surface area contributed by atoms with Crippen LogP contribution in [0, 0.1) is 0 Å². The van der Waals surface area contributed by atoms with E-state index in [1.165, 1.54) is 24.1 Å². The molecule has 6 nitrogen and oxygen atoms in total. The van der Waals surface area contributed by atoms with E-state index in [4.69, 9.17) is 9.84 Å². The topological polar surface area (TPSA) is 87.1 Å². The van der Waals surface area contributed by atoms with Gasteiger partial charge in [-0.3, -0.25) is 4.79 Å². The molecule has 0 aromatic heterocycles. The first-order valence-electron chi connectivity index (χ1n) is 5.95. The quantitative estimate of drug-likeness (QED) is 0.854. The highest BCUT2D eigenvalue weighted by Gasteiger charge is 2.35. The number of carbonyl (C=O) groups is 2. The van der Waals surface area contributed by atoms with Crippen molar-refractivity contribution < 1.29 is 24.5 Å². The van der Waals surface area contributed by atoms with Gasteiger partial charge in [0.05, 0.1) is 12.7 Å². The van der Waals surface area contributed by atoms with E-state index in [0.717, 1.165) is 0 Å². The SMILES string of the molecule is COc1ccc(C(=O)N2CCCC2C(=O)O)c(O)c1. The Labute approximate surface area is 110 Å². The Balaban J connectivity index is 2.26. The number of amides is 1. The Morgan fingerprint density at radius 2 is 2.16 bits per heavy atom. The zero-order chi connectivity index (χ0) is 14.0. The van der Waals surface area contributed by atoms with Gasteiger partial charge < -0.3 is 19.8 Å². The van der Waals surface area contributed by atoms with Crippen LogP contribution in [0.4, 0.5) is 0 Å². The summed E-state index contributed by atoms with van der Waals surface area (Å²) in [4.78, 5) is 24.6. The predicted octanol–water partition coefficient (Wildman–Crippen LogP) is 1.09. The molecule has 1 aliphatic rings. The minimum Gasteiger partial charge on any atom is -0.507 e. The van der Waals surface area contributed by atoms with Crippen molar-refractivity contribution in [3.05, 3.63) is 23.8 Å². The molecule has 6 heteroatoms. The number of carbonyl (C=O) groups excluding carboxylic acids is 1. The third-order valence-electron chi connectivity index (χ3n) is 3.23. The van der Waals surface area contributed by atoms with Crippen LogP contribution in [0.5, 0.6) is 11.5 Å². The molecule has 0 saturated carbocycles. The predicted molar refractivity (Wildman–Crippen MR) is 66.4 cm³/mol. The fraction of sp³-hybridized carbons (Fsp3) is 0.385. The average molecular weight is 265 g/mol. The van der Waals surface area contributed by atoms with Gasteiger partial charge in [-0.05, 0) is 25.0 Å². The van der Waals surface area contributed by atoms with E-state index in [-0.39, 0.29) is 11.3 Å². The van der Waals surface area contributed by atoms with Crippen molar-refractivity contribution in [1.29, 1.82) is 0 Å². The van der Waals surface area contributed by atoms with Crippen LogP contribution >= 0.6 is 0 Å². The molecular formula is C13H15NO5. The molecule has 1 aromatic carbocycles. The summed E-state index contributed by atoms with van der Waals surface area (Å²) in [5.74, 6) is -1.26. The maximum Gasteiger partial charge on any atom is 0.326 e. The molecule has 19 heavy (non-hydrogen) atoms. The van der Waals surface area contributed by atoms with E-state index in [1.807, 2.05) is 0 Å². The maximum atomic E-state index is 12.2. The summed E-state index contributed by atoms with van der Waals surface area (Å²) >= 11 is 0. The molecule has 2 rings (SSSR count). The number of nitrogens with zero attached hydrogens (tertiary/aromatic N) is 1. The molecule has 0 aliphatic carbocycles. The van der Waals surface area contributed by atoms with E-state index in [9.17, 15) is 14.7 Å². The van der Waals surface area contributed by atoms with Crippen molar-refractivity contribution >= 4 is 11.9 Å². The van der Waals surface area contributed by atoms with E-state index in [2.05, 4.69) is 0 Å². The molecule has 1 fully saturated rings. The van der Waals surface area contributed by atoms with Gasteiger partial charge in [0.2, 0.25) is 0 Å². The number of benzene rings is 1. The molecule has 102 valence electrons. The standard InChI is InChI=1S/C13H15NO5/c1-19-8-4-5-9(11(15)7-8)12(16)14-6-2-3-10(14)13(17)18/h4-5,7,10,15H,2-3,6H2,1H3,(H,17,18). The number of likely N-dealkylation sites (tertiary alicyclic amines) is 1. The van der Waals surface area contributed by atoms with Crippen LogP contribution in [0.1, 0.15) is 23.2 Å². The fourth-order valence-electron chi connectivity index (χ4n) is 2.24. The van der Waals surface area contributed by atoms with Crippen LogP contribution in [0.3, 0.4) is 0 Å². The van der Waals surface area contributed by atoms with Crippen molar-refractivity contribution in [3.8, 4) is 11.5 Å². The Bertz CT molecular complexity index is 514. The molecule has 1 aliphatic heterocycles. The van der Waals surface area contributed by atoms with Crippen molar-refractivity contribution in [2.75, 3.05) is 13.7 Å². The smallest absolute Gasteiger partial charge is 0.326 e. The normalized spacial score (nSPS) is 18.4. The number of aliphatic carboxylic acids is 1. The van der Waals surface area contributed by atoms with Crippen molar-refractivity contribution in [1.82, 2.24) is 4.90 Å². The Kier molecular flexibility index (Phi) is 3.59. The van der Waals surface area contributed by atoms with Crippen molar-refractivity contribution in [3.63, 3.8) is 0 Å². The summed E-state index contributed by atoms with van der Waals surface area (Å²) in [5, 5.41) is 18.9. The van der Waals surface area contributed by atoms with Crippen LogP contribution in [-0.4, -0.2) is 46.7 Å². The highest BCUT2D eigenvalue weighted by molar-refractivity contribution is 5.99. The summed E-state index contributed by atoms with van der Waals surface area (Å²) in [5.41, 5.74) is 0.0916. The van der Waals surface area contributed by atoms with Crippen LogP contribution in [0.15, 0.2) is 18.2 Å². The number of hydrogen-bond donors (Lipinski definition) is 2. The lowest BCUT2D eigenvalue weighted by Gasteiger charge is -2.21. The van der Waals surface area contributed by atoms with Gasteiger partial charge in [-0.1, -0.05) is 0 Å². The van der Waals surface area contributed by atoms with Crippen LogP contribution in [-0.2, 0) is 4.79 Å². The molecule has 2 N–H and O–H groups in total. The number of phenolic OH excluding ortho intramolecular Hbond substituents is 1. The number of rotatable bonds is 3. The summed E-state index contributed by atoms with van der Waals surface area (Å²) in [6.07, 6.45) is 1.09. The molecule has 0 radical (unpaired) electrons. The number of carboxylic acid groups (broad SMARTS) is 1. The Morgan fingerprint density at radius 3 is 2.74 bits per heavy atom. The van der Waals surface area contributed by atoms with Crippen LogP contribution < -0.4 is 4.74 Å². The number of methoxy groups -OCH3 is 1. The minimum atomic E-state index is -1.01. The van der Waals surface area contributed by atoms with Crippen LogP contribution in [0.2, 0.25) is 0 Å². The van der Waals surface area contributed by atoms with E-state index < -0.39 is 17.9 Å². The first-order valence-corrected chi connectivity index (χ1v) is 5.95. The summed E-state index contributed by atoms with van der Waals surface area (Å²) < 4.78 is 4.94. The first kappa shape index (κ1) is 13.2. The second-order valence-electron chi connectivity index (χ2n) is 4.38. The Morgan fingerprint density at radius 1 is 1.42 bits per heavy atom. The molecule has 0 bridgehead atoms. The highest BCUT2D eigenvalue weighted by atomic mass is 16.5. The van der Waals surface area contributed by atoms with Gasteiger partial charge in [0.25, 0.3) is 5.91 Å². The van der Waals surface area contributed by atoms with Gasteiger partial charge in [-0.15, -0.1) is 0 Å². The minimum absolute atomic E-state index is 0.0916. The molecule has 1 amide bonds. The van der Waals surface area contributed by atoms with Gasteiger partial charge in [-0.25, -0.2) is 4.79 Å². The number of aromatic hydroxyl groups is 1. The zero-order valence-corrected chi connectivity index (χ0v) is 10.5. The van der Waals surface area contributed by atoms with Crippen molar-refractivity contribution in [2.45, 2.75) is 18.9 Å². The lowest BCUT2D eigenvalue weighted by Crippen LogP contribution is -2.40. The summed E-state index contributed by atoms with van der Waals surface area (Å²) in [6.45, 7) is 0.390. The molecule has 0 spiro atoms. The maximum absolute atomic E-state index is 12.2. The number of carboxylic acids is 1. The highest BCUT2D eigenvalue weighted by Crippen LogP contribution is 2.27. The van der Waals surface area contributed by atoms with Gasteiger partial charge in [-0.2, -0.15) is 0 Å². The van der Waals surface area contributed by atoms with Gasteiger partial charge in [0, 0.05) is 12.6 Å². The number of phenols is 1. The molecule has 1 saturated heterocycles. The molecule has 1 atom stereocenters. The third-order valence-corrected chi connectivity index (χ3v) is 3.23. The second kappa shape index (κ2) is 5.17. The van der Waals surface area contributed by atoms with E-state index in [0.29, 0.717) is 25.1 Å². The van der Waals surface area contributed by atoms with E-state index in [1.54, 1.807) is 6.07 Å². The number of hydrogen-bond acceptors (Lipinski definition) is 4. The van der Waals surface area contributed by atoms with Crippen LogP contribution in [0.25, 0.3) is 0 Å². The molecule has 1 aromatic rings. The van der Waals surface area contributed by atoms with E-state index >= 15 is 0 Å². The largest absolute Gasteiger partial charge is 0.507 e. The molecule has 1 heterocycles. The van der Waals surface area contributed by atoms with Gasteiger partial charge in [0.15, 0.2) is 0 Å². The van der Waals surface area contributed by atoms with Gasteiger partial charge in [0.1, 0.15) is 17.5 Å². The fourth-order valence-corrected chi connectivity index (χ4v) is 2.24. The summed E-state index contributed by atoms with van der Waals surface area (Å²) in [7, 11) is 1.46. The average Bonchev–Trinajstić information content (AvgIpc) is 2.87. The Hall–Kier alpha value is -2.24. The molecular weight excluding hydrogens is 250 g/mol. The second-order valence-corrected chi connectivity index (χ2v) is 4.38. The lowest BCUT2D eigenvalue weighted by molar-refractivity contribution is -0.141. The number of ether oxygens (including phenoxy) is 1. The third kappa shape index (κ3) is 2.47. The molecule has 1 unspecified atom stereocenters. The van der Waals surface area contributed by atoms with Crippen molar-refractivity contribution in [2.24, 2.45) is 0 Å². The monoisotopic (exact) mass is 265 g/mol.